The molecule has 0 aliphatic rings. The smallest absolute Gasteiger partial charge is 0.162 e. The number of benzene rings is 2. The molecular weight excluding hydrogens is 258 g/mol. The third-order valence-corrected chi connectivity index (χ3v) is 3.05. The Labute approximate surface area is 109 Å². The van der Waals surface area contributed by atoms with E-state index in [1.54, 1.807) is 24.3 Å². The molecule has 0 aliphatic heterocycles. The van der Waals surface area contributed by atoms with Gasteiger partial charge in [-0.25, -0.2) is 8.78 Å². The highest BCUT2D eigenvalue weighted by Crippen LogP contribution is 2.26. The normalized spacial score (nSPS) is 12.4. The lowest BCUT2D eigenvalue weighted by atomic mass is 10.0. The van der Waals surface area contributed by atoms with E-state index >= 15 is 0 Å². The highest BCUT2D eigenvalue weighted by atomic mass is 35.5. The Bertz CT molecular complexity index is 557. The predicted octanol–water partition coefficient (Wildman–Crippen LogP) is 3.89. The molecule has 18 heavy (non-hydrogen) atoms. The van der Waals surface area contributed by atoms with Gasteiger partial charge in [0.25, 0.3) is 0 Å². The topological polar surface area (TPSA) is 20.2 Å². The molecule has 0 aromatic heterocycles. The summed E-state index contributed by atoms with van der Waals surface area (Å²) in [6.45, 7) is 0. The summed E-state index contributed by atoms with van der Waals surface area (Å²) in [5, 5.41) is 10.4. The first-order valence-electron chi connectivity index (χ1n) is 5.45. The summed E-state index contributed by atoms with van der Waals surface area (Å²) in [4.78, 5) is 0. The largest absolute Gasteiger partial charge is 0.388 e. The van der Waals surface area contributed by atoms with E-state index in [0.717, 1.165) is 6.07 Å². The van der Waals surface area contributed by atoms with Crippen LogP contribution in [0.4, 0.5) is 8.78 Å². The average Bonchev–Trinajstić information content (AvgIpc) is 2.35. The summed E-state index contributed by atoms with van der Waals surface area (Å²) in [6.07, 6.45) is -0.983. The number of hydrogen-bond donors (Lipinski definition) is 1. The second-order valence-electron chi connectivity index (χ2n) is 3.95. The zero-order valence-electron chi connectivity index (χ0n) is 9.41. The van der Waals surface area contributed by atoms with Crippen LogP contribution in [0.5, 0.6) is 0 Å². The lowest BCUT2D eigenvalue weighted by Gasteiger charge is -2.13. The summed E-state index contributed by atoms with van der Waals surface area (Å²) in [5.74, 6) is -1.84. The van der Waals surface area contributed by atoms with Gasteiger partial charge in [0.2, 0.25) is 0 Å². The van der Waals surface area contributed by atoms with Crippen molar-refractivity contribution in [3.05, 3.63) is 70.2 Å². The van der Waals surface area contributed by atoms with Crippen LogP contribution in [0.15, 0.2) is 42.5 Å². The van der Waals surface area contributed by atoms with E-state index in [2.05, 4.69) is 0 Å². The van der Waals surface area contributed by atoms with Crippen molar-refractivity contribution in [2.75, 3.05) is 0 Å². The molecule has 2 aromatic carbocycles. The summed E-state index contributed by atoms with van der Waals surface area (Å²) < 4.78 is 26.5. The molecule has 2 aromatic rings. The zero-order valence-corrected chi connectivity index (χ0v) is 10.2. The lowest BCUT2D eigenvalue weighted by molar-refractivity contribution is 0.177. The molecular formula is C14H11ClF2O. The van der Waals surface area contributed by atoms with Gasteiger partial charge in [-0.15, -0.1) is 0 Å². The standard InChI is InChI=1S/C14H11ClF2O/c15-11-6-2-1-5-10(11)13(18)8-9-4-3-7-12(16)14(9)17/h1-7,13,18H,8H2. The molecule has 4 heteroatoms. The molecule has 0 fully saturated rings. The van der Waals surface area contributed by atoms with Crippen molar-refractivity contribution < 1.29 is 13.9 Å². The molecule has 0 spiro atoms. The van der Waals surface area contributed by atoms with Gasteiger partial charge >= 0.3 is 0 Å². The number of rotatable bonds is 3. The van der Waals surface area contributed by atoms with Crippen LogP contribution in [-0.2, 0) is 6.42 Å². The number of hydrogen-bond acceptors (Lipinski definition) is 1. The second kappa shape index (κ2) is 5.46. The molecule has 1 nitrogen and oxygen atoms in total. The van der Waals surface area contributed by atoms with E-state index in [-0.39, 0.29) is 12.0 Å². The molecule has 94 valence electrons. The molecule has 1 N–H and O–H groups in total. The van der Waals surface area contributed by atoms with Crippen molar-refractivity contribution in [3.63, 3.8) is 0 Å². The van der Waals surface area contributed by atoms with Crippen LogP contribution in [0.3, 0.4) is 0 Å². The van der Waals surface area contributed by atoms with Gasteiger partial charge in [-0.05, 0) is 23.3 Å². The molecule has 0 amide bonds. The number of aliphatic hydroxyl groups is 1. The van der Waals surface area contributed by atoms with E-state index in [1.165, 1.54) is 12.1 Å². The van der Waals surface area contributed by atoms with E-state index < -0.39 is 17.7 Å². The first-order chi connectivity index (χ1) is 8.59. The molecule has 0 radical (unpaired) electrons. The van der Waals surface area contributed by atoms with Gasteiger partial charge in [-0.2, -0.15) is 0 Å². The summed E-state index contributed by atoms with van der Waals surface area (Å²) in [5.41, 5.74) is 0.630. The lowest BCUT2D eigenvalue weighted by Crippen LogP contribution is -2.05. The molecule has 0 heterocycles. The minimum absolute atomic E-state index is 0.0205. The van der Waals surface area contributed by atoms with E-state index in [1.807, 2.05) is 0 Å². The van der Waals surface area contributed by atoms with Gasteiger partial charge in [-0.3, -0.25) is 0 Å². The number of aliphatic hydroxyl groups excluding tert-OH is 1. The Kier molecular flexibility index (Phi) is 3.94. The van der Waals surface area contributed by atoms with Crippen LogP contribution in [0.1, 0.15) is 17.2 Å². The Morgan fingerprint density at radius 2 is 1.78 bits per heavy atom. The van der Waals surface area contributed by atoms with E-state index in [4.69, 9.17) is 11.6 Å². The fourth-order valence-electron chi connectivity index (χ4n) is 1.77. The Hall–Kier alpha value is -1.45. The molecule has 0 saturated heterocycles. The molecule has 0 bridgehead atoms. The zero-order chi connectivity index (χ0) is 13.1. The monoisotopic (exact) mass is 268 g/mol. The minimum atomic E-state index is -0.963. The summed E-state index contributed by atoms with van der Waals surface area (Å²) in [7, 11) is 0. The van der Waals surface area contributed by atoms with Gasteiger partial charge < -0.3 is 5.11 Å². The van der Waals surface area contributed by atoms with Crippen molar-refractivity contribution in [2.24, 2.45) is 0 Å². The maximum atomic E-state index is 13.5. The highest BCUT2D eigenvalue weighted by molar-refractivity contribution is 6.31. The van der Waals surface area contributed by atoms with Crippen LogP contribution in [0.25, 0.3) is 0 Å². The van der Waals surface area contributed by atoms with Crippen molar-refractivity contribution >= 4 is 11.6 Å². The first-order valence-corrected chi connectivity index (χ1v) is 5.82. The molecule has 1 unspecified atom stereocenters. The molecule has 2 rings (SSSR count). The fourth-order valence-corrected chi connectivity index (χ4v) is 2.03. The van der Waals surface area contributed by atoms with Crippen LogP contribution in [-0.4, -0.2) is 5.11 Å². The quantitative estimate of drug-likeness (QED) is 0.895. The van der Waals surface area contributed by atoms with Gasteiger partial charge in [0, 0.05) is 11.4 Å². The fraction of sp³-hybridized carbons (Fsp3) is 0.143. The Balaban J connectivity index is 2.24. The number of halogens is 3. The van der Waals surface area contributed by atoms with Crippen LogP contribution >= 0.6 is 11.6 Å². The second-order valence-corrected chi connectivity index (χ2v) is 4.36. The van der Waals surface area contributed by atoms with Crippen LogP contribution in [0.2, 0.25) is 5.02 Å². The molecule has 0 saturated carbocycles. The minimum Gasteiger partial charge on any atom is -0.388 e. The average molecular weight is 269 g/mol. The van der Waals surface area contributed by atoms with Crippen molar-refractivity contribution in [2.45, 2.75) is 12.5 Å². The van der Waals surface area contributed by atoms with Gasteiger partial charge in [0.1, 0.15) is 0 Å². The SMILES string of the molecule is OC(Cc1cccc(F)c1F)c1ccccc1Cl. The Morgan fingerprint density at radius 3 is 2.50 bits per heavy atom. The third-order valence-electron chi connectivity index (χ3n) is 2.71. The van der Waals surface area contributed by atoms with Crippen molar-refractivity contribution in [1.29, 1.82) is 0 Å². The van der Waals surface area contributed by atoms with Gasteiger partial charge in [0.05, 0.1) is 6.10 Å². The Morgan fingerprint density at radius 1 is 1.06 bits per heavy atom. The maximum absolute atomic E-state index is 13.5. The van der Waals surface area contributed by atoms with Crippen molar-refractivity contribution in [3.8, 4) is 0 Å². The predicted molar refractivity (Wildman–Crippen MR) is 66.5 cm³/mol. The molecule has 0 aliphatic carbocycles. The van der Waals surface area contributed by atoms with Gasteiger partial charge in [-0.1, -0.05) is 41.9 Å². The summed E-state index contributed by atoms with van der Waals surface area (Å²) >= 11 is 5.93. The van der Waals surface area contributed by atoms with Gasteiger partial charge in [0.15, 0.2) is 11.6 Å². The molecule has 1 atom stereocenters. The van der Waals surface area contributed by atoms with Crippen molar-refractivity contribution in [1.82, 2.24) is 0 Å². The maximum Gasteiger partial charge on any atom is 0.162 e. The highest BCUT2D eigenvalue weighted by Gasteiger charge is 2.15. The van der Waals surface area contributed by atoms with Crippen LogP contribution in [0, 0.1) is 11.6 Å². The third kappa shape index (κ3) is 2.68. The summed E-state index contributed by atoms with van der Waals surface area (Å²) in [6, 6.07) is 10.7. The first kappa shape index (κ1) is 13.0. The van der Waals surface area contributed by atoms with Crippen LogP contribution < -0.4 is 0 Å². The van der Waals surface area contributed by atoms with E-state index in [9.17, 15) is 13.9 Å². The van der Waals surface area contributed by atoms with E-state index in [0.29, 0.717) is 10.6 Å².